The van der Waals surface area contributed by atoms with Crippen molar-refractivity contribution in [2.75, 3.05) is 20.3 Å². The summed E-state index contributed by atoms with van der Waals surface area (Å²) in [6, 6.07) is 6.76. The van der Waals surface area contributed by atoms with Crippen LogP contribution in [0.5, 0.6) is 5.75 Å². The lowest BCUT2D eigenvalue weighted by Crippen LogP contribution is -2.08. The van der Waals surface area contributed by atoms with Gasteiger partial charge >= 0.3 is 7.60 Å². The average molecular weight is 330 g/mol. The lowest BCUT2D eigenvalue weighted by molar-refractivity contribution is 0.139. The van der Waals surface area contributed by atoms with Crippen LogP contribution in [0.3, 0.4) is 0 Å². The molecule has 1 N–H and O–H groups in total. The molecule has 0 aromatic heterocycles. The first-order valence-corrected chi connectivity index (χ1v) is 9.39. The molecule has 0 saturated heterocycles. The number of aliphatic hydroxyl groups excluding tert-OH is 1. The molecule has 1 aromatic rings. The molecule has 6 heteroatoms. The first-order valence-electron chi connectivity index (χ1n) is 7.78. The van der Waals surface area contributed by atoms with Gasteiger partial charge in [-0.15, -0.1) is 0 Å². The Bertz CT molecular complexity index is 446. The van der Waals surface area contributed by atoms with E-state index in [4.69, 9.17) is 13.8 Å². The Hall–Kier alpha value is -0.870. The third-order valence-electron chi connectivity index (χ3n) is 3.25. The first kappa shape index (κ1) is 19.2. The van der Waals surface area contributed by atoms with Crippen LogP contribution in [0.2, 0.25) is 0 Å². The highest BCUT2D eigenvalue weighted by atomic mass is 31.2. The number of rotatable bonds is 11. The highest BCUT2D eigenvalue weighted by Crippen LogP contribution is 2.59. The molecular formula is C16H27O5P. The van der Waals surface area contributed by atoms with Gasteiger partial charge in [0.25, 0.3) is 0 Å². The average Bonchev–Trinajstić information content (AvgIpc) is 2.55. The zero-order chi connectivity index (χ0) is 16.4. The normalized spacial score (nSPS) is 13.1. The Morgan fingerprint density at radius 3 is 1.95 bits per heavy atom. The van der Waals surface area contributed by atoms with Crippen LogP contribution in [0.15, 0.2) is 24.3 Å². The van der Waals surface area contributed by atoms with Gasteiger partial charge in [-0.1, -0.05) is 38.8 Å². The summed E-state index contributed by atoms with van der Waals surface area (Å²) in [6.45, 7) is 4.67. The van der Waals surface area contributed by atoms with Crippen LogP contribution in [0.1, 0.15) is 50.9 Å². The van der Waals surface area contributed by atoms with Gasteiger partial charge in [0.2, 0.25) is 0 Å². The fraction of sp³-hybridized carbons (Fsp3) is 0.625. The summed E-state index contributed by atoms with van der Waals surface area (Å²) in [5.41, 5.74) is 0.497. The summed E-state index contributed by atoms with van der Waals surface area (Å²) >= 11 is 0. The molecule has 0 bridgehead atoms. The highest BCUT2D eigenvalue weighted by Gasteiger charge is 2.35. The quantitative estimate of drug-likeness (QED) is 0.477. The molecular weight excluding hydrogens is 303 g/mol. The largest absolute Gasteiger partial charge is 0.497 e. The molecule has 0 amide bonds. The second-order valence-electron chi connectivity index (χ2n) is 5.06. The molecule has 126 valence electrons. The molecule has 0 aliphatic heterocycles. The zero-order valence-corrected chi connectivity index (χ0v) is 14.6. The van der Waals surface area contributed by atoms with Crippen molar-refractivity contribution in [1.82, 2.24) is 0 Å². The molecule has 0 spiro atoms. The van der Waals surface area contributed by atoms with E-state index in [1.165, 1.54) is 0 Å². The van der Waals surface area contributed by atoms with Crippen molar-refractivity contribution in [3.63, 3.8) is 0 Å². The highest BCUT2D eigenvalue weighted by molar-refractivity contribution is 7.54. The van der Waals surface area contributed by atoms with E-state index in [1.807, 2.05) is 13.8 Å². The third kappa shape index (κ3) is 5.73. The number of ether oxygens (including phenoxy) is 1. The van der Waals surface area contributed by atoms with E-state index in [0.717, 1.165) is 25.7 Å². The molecule has 0 aliphatic carbocycles. The van der Waals surface area contributed by atoms with E-state index in [0.29, 0.717) is 24.5 Å². The van der Waals surface area contributed by atoms with Crippen molar-refractivity contribution in [1.29, 1.82) is 0 Å². The third-order valence-corrected chi connectivity index (χ3v) is 5.23. The van der Waals surface area contributed by atoms with Gasteiger partial charge in [0.1, 0.15) is 5.75 Å². The number of hydrogen-bond acceptors (Lipinski definition) is 5. The predicted molar refractivity (Wildman–Crippen MR) is 87.3 cm³/mol. The van der Waals surface area contributed by atoms with E-state index < -0.39 is 13.4 Å². The van der Waals surface area contributed by atoms with Crippen LogP contribution >= 0.6 is 7.60 Å². The second-order valence-corrected chi connectivity index (χ2v) is 7.15. The summed E-state index contributed by atoms with van der Waals surface area (Å²) < 4.78 is 28.9. The van der Waals surface area contributed by atoms with Crippen molar-refractivity contribution in [3.05, 3.63) is 29.8 Å². The Morgan fingerprint density at radius 1 is 1.05 bits per heavy atom. The minimum atomic E-state index is -3.60. The van der Waals surface area contributed by atoms with Crippen molar-refractivity contribution in [2.45, 2.75) is 45.4 Å². The minimum absolute atomic E-state index is 0.313. The van der Waals surface area contributed by atoms with Gasteiger partial charge in [-0.3, -0.25) is 4.57 Å². The Balaban J connectivity index is 2.83. The summed E-state index contributed by atoms with van der Waals surface area (Å²) in [6.07, 6.45) is 3.40. The van der Waals surface area contributed by atoms with Crippen LogP contribution < -0.4 is 4.74 Å². The monoisotopic (exact) mass is 330 g/mol. The smallest absolute Gasteiger partial charge is 0.363 e. The van der Waals surface area contributed by atoms with E-state index in [2.05, 4.69) is 0 Å². The fourth-order valence-electron chi connectivity index (χ4n) is 1.81. The van der Waals surface area contributed by atoms with Gasteiger partial charge in [0.15, 0.2) is 5.85 Å². The first-order chi connectivity index (χ1) is 10.6. The van der Waals surface area contributed by atoms with Crippen LogP contribution in [0.25, 0.3) is 0 Å². The molecule has 5 nitrogen and oxygen atoms in total. The van der Waals surface area contributed by atoms with Gasteiger partial charge in [-0.2, -0.15) is 0 Å². The van der Waals surface area contributed by atoms with Gasteiger partial charge in [-0.25, -0.2) is 0 Å². The predicted octanol–water partition coefficient (Wildman–Crippen LogP) is 4.51. The lowest BCUT2D eigenvalue weighted by Gasteiger charge is -2.23. The number of unbranched alkanes of at least 4 members (excludes halogenated alkanes) is 2. The second kappa shape index (κ2) is 10.0. The van der Waals surface area contributed by atoms with E-state index in [-0.39, 0.29) is 0 Å². The molecule has 0 fully saturated rings. The number of aliphatic hydroxyl groups is 1. The SMILES string of the molecule is CCCCOP(=O)(OCCCC)[C@H](O)c1ccc(OC)cc1. The number of benzene rings is 1. The van der Waals surface area contributed by atoms with Gasteiger partial charge in [0.05, 0.1) is 20.3 Å². The molecule has 0 unspecified atom stereocenters. The number of methoxy groups -OCH3 is 1. The van der Waals surface area contributed by atoms with Crippen LogP contribution in [0, 0.1) is 0 Å². The molecule has 0 saturated carbocycles. The Kier molecular flexibility index (Phi) is 8.72. The van der Waals surface area contributed by atoms with E-state index in [9.17, 15) is 9.67 Å². The Labute approximate surface area is 133 Å². The van der Waals surface area contributed by atoms with E-state index in [1.54, 1.807) is 31.4 Å². The topological polar surface area (TPSA) is 65.0 Å². The van der Waals surface area contributed by atoms with Gasteiger partial charge in [0, 0.05) is 0 Å². The van der Waals surface area contributed by atoms with E-state index >= 15 is 0 Å². The minimum Gasteiger partial charge on any atom is -0.497 e. The van der Waals surface area contributed by atoms with Gasteiger partial charge < -0.3 is 18.9 Å². The maximum atomic E-state index is 12.9. The molecule has 1 rings (SSSR count). The van der Waals surface area contributed by atoms with Gasteiger partial charge in [-0.05, 0) is 30.5 Å². The number of hydrogen-bond donors (Lipinski definition) is 1. The summed E-state index contributed by atoms with van der Waals surface area (Å²) in [5.74, 6) is -0.614. The van der Waals surface area contributed by atoms with Crippen molar-refractivity contribution in [2.24, 2.45) is 0 Å². The Morgan fingerprint density at radius 2 is 1.55 bits per heavy atom. The zero-order valence-electron chi connectivity index (χ0n) is 13.7. The van der Waals surface area contributed by atoms with Crippen LogP contribution in [-0.4, -0.2) is 25.4 Å². The molecule has 1 aromatic carbocycles. The molecule has 1 atom stereocenters. The summed E-state index contributed by atoms with van der Waals surface area (Å²) in [7, 11) is -2.03. The standard InChI is InChI=1S/C16H27O5P/c1-4-6-12-20-22(18,21-13-7-5-2)16(17)14-8-10-15(19-3)11-9-14/h8-11,16-17H,4-7,12-13H2,1-3H3/t16-/m0/s1. The summed E-state index contributed by atoms with van der Waals surface area (Å²) in [4.78, 5) is 0. The maximum absolute atomic E-state index is 12.9. The van der Waals surface area contributed by atoms with Crippen molar-refractivity contribution >= 4 is 7.60 Å². The maximum Gasteiger partial charge on any atom is 0.363 e. The molecule has 0 heterocycles. The molecule has 0 aliphatic rings. The fourth-order valence-corrected chi connectivity index (χ4v) is 3.47. The molecule has 0 radical (unpaired) electrons. The summed E-state index contributed by atoms with van der Waals surface area (Å²) in [5, 5.41) is 10.4. The lowest BCUT2D eigenvalue weighted by atomic mass is 10.2. The van der Waals surface area contributed by atoms with Crippen molar-refractivity contribution in [3.8, 4) is 5.75 Å². The van der Waals surface area contributed by atoms with Crippen LogP contribution in [-0.2, 0) is 13.6 Å². The van der Waals surface area contributed by atoms with Crippen LogP contribution in [0.4, 0.5) is 0 Å². The molecule has 22 heavy (non-hydrogen) atoms. The van der Waals surface area contributed by atoms with Crippen molar-refractivity contribution < 1.29 is 23.5 Å².